The van der Waals surface area contributed by atoms with Gasteiger partial charge in [-0.25, -0.2) is 9.59 Å². The Bertz CT molecular complexity index is 780. The van der Waals surface area contributed by atoms with Crippen LogP contribution in [0.15, 0.2) is 48.2 Å². The average molecular weight is 335 g/mol. The van der Waals surface area contributed by atoms with Crippen molar-refractivity contribution in [2.24, 2.45) is 0 Å². The van der Waals surface area contributed by atoms with Crippen LogP contribution in [0.3, 0.4) is 0 Å². The van der Waals surface area contributed by atoms with Crippen LogP contribution in [0.2, 0.25) is 5.02 Å². The number of carbonyl (C=O) groups is 2. The van der Waals surface area contributed by atoms with Crippen molar-refractivity contribution in [3.05, 3.63) is 64.4 Å². The van der Waals surface area contributed by atoms with Gasteiger partial charge in [-0.2, -0.15) is 0 Å². The molecule has 0 amide bonds. The highest BCUT2D eigenvalue weighted by Gasteiger charge is 2.18. The molecule has 118 valence electrons. The van der Waals surface area contributed by atoms with Gasteiger partial charge in [0.05, 0.1) is 0 Å². The van der Waals surface area contributed by atoms with Crippen molar-refractivity contribution in [3.8, 4) is 11.5 Å². The lowest BCUT2D eigenvalue weighted by Gasteiger charge is -2.09. The molecule has 0 radical (unpaired) electrons. The number of carboxylic acid groups (broad SMARTS) is 2. The third-order valence-corrected chi connectivity index (χ3v) is 3.08. The molecule has 2 rings (SSSR count). The molecule has 0 atom stereocenters. The van der Waals surface area contributed by atoms with Gasteiger partial charge in [0, 0.05) is 5.02 Å². The third-order valence-electron chi connectivity index (χ3n) is 2.83. The van der Waals surface area contributed by atoms with Crippen LogP contribution in [0.5, 0.6) is 11.5 Å². The molecule has 0 bridgehead atoms. The molecule has 2 aromatic rings. The van der Waals surface area contributed by atoms with E-state index in [1.807, 2.05) is 0 Å². The summed E-state index contributed by atoms with van der Waals surface area (Å²) >= 11 is 5.75. The average Bonchev–Trinajstić information content (AvgIpc) is 2.50. The maximum absolute atomic E-state index is 11.3. The van der Waals surface area contributed by atoms with E-state index in [1.54, 1.807) is 24.3 Å². The molecule has 0 aliphatic heterocycles. The van der Waals surface area contributed by atoms with Crippen LogP contribution in [0.1, 0.15) is 15.9 Å². The Labute approximate surface area is 135 Å². The first kappa shape index (κ1) is 16.4. The number of phenols is 1. The Morgan fingerprint density at radius 2 is 1.70 bits per heavy atom. The predicted molar refractivity (Wildman–Crippen MR) is 82.8 cm³/mol. The summed E-state index contributed by atoms with van der Waals surface area (Å²) in [6, 6.07) is 10.1. The normalized spacial score (nSPS) is 11.1. The van der Waals surface area contributed by atoms with E-state index in [0.717, 1.165) is 0 Å². The Morgan fingerprint density at radius 1 is 1.04 bits per heavy atom. The van der Waals surface area contributed by atoms with Crippen molar-refractivity contribution in [1.82, 2.24) is 0 Å². The van der Waals surface area contributed by atoms with E-state index in [4.69, 9.17) is 21.4 Å². The monoisotopic (exact) mass is 334 g/mol. The number of hydrogen-bond donors (Lipinski definition) is 3. The number of ether oxygens (including phenoxy) is 1. The van der Waals surface area contributed by atoms with Crippen molar-refractivity contribution in [3.63, 3.8) is 0 Å². The molecule has 0 spiro atoms. The summed E-state index contributed by atoms with van der Waals surface area (Å²) in [7, 11) is 0. The van der Waals surface area contributed by atoms with Gasteiger partial charge in [0.15, 0.2) is 11.5 Å². The summed E-state index contributed by atoms with van der Waals surface area (Å²) < 4.78 is 5.15. The lowest BCUT2D eigenvalue weighted by Crippen LogP contribution is -2.08. The molecular weight excluding hydrogens is 324 g/mol. The molecule has 0 saturated carbocycles. The second kappa shape index (κ2) is 6.85. The van der Waals surface area contributed by atoms with E-state index in [9.17, 15) is 19.8 Å². The fourth-order valence-electron chi connectivity index (χ4n) is 1.74. The number of aliphatic carboxylic acids is 1. The molecule has 0 unspecified atom stereocenters. The molecule has 6 nitrogen and oxygen atoms in total. The third kappa shape index (κ3) is 4.02. The van der Waals surface area contributed by atoms with E-state index >= 15 is 0 Å². The smallest absolute Gasteiger partial charge is 0.371 e. The summed E-state index contributed by atoms with van der Waals surface area (Å²) in [6.07, 6.45) is 1.23. The molecule has 2 aromatic carbocycles. The van der Waals surface area contributed by atoms with Gasteiger partial charge in [-0.3, -0.25) is 0 Å². The highest BCUT2D eigenvalue weighted by atomic mass is 35.5. The minimum atomic E-state index is -1.37. The molecule has 23 heavy (non-hydrogen) atoms. The van der Waals surface area contributed by atoms with Gasteiger partial charge in [-0.15, -0.1) is 0 Å². The number of rotatable bonds is 5. The van der Waals surface area contributed by atoms with Crippen molar-refractivity contribution >= 4 is 29.6 Å². The van der Waals surface area contributed by atoms with Crippen molar-refractivity contribution in [2.75, 3.05) is 0 Å². The number of carboxylic acids is 2. The first-order valence-electron chi connectivity index (χ1n) is 6.32. The summed E-state index contributed by atoms with van der Waals surface area (Å²) in [5.41, 5.74) is 0.124. The standard InChI is InChI=1S/C16H11ClO6/c17-10-6-4-9(5-7-10)8-13(16(21)22)23-12-3-1-2-11(14(12)18)15(19)20/h1-8,18H,(H,19,20)(H,21,22)/b13-8+. The van der Waals surface area contributed by atoms with Gasteiger partial charge in [0.1, 0.15) is 5.56 Å². The van der Waals surface area contributed by atoms with Crippen LogP contribution in [0.25, 0.3) is 6.08 Å². The maximum Gasteiger partial charge on any atom is 0.371 e. The number of aromatic hydroxyl groups is 1. The molecule has 0 aliphatic carbocycles. The van der Waals surface area contributed by atoms with Crippen LogP contribution in [0, 0.1) is 0 Å². The van der Waals surface area contributed by atoms with Crippen molar-refractivity contribution in [2.45, 2.75) is 0 Å². The van der Waals surface area contributed by atoms with E-state index in [2.05, 4.69) is 0 Å². The molecule has 0 aromatic heterocycles. The van der Waals surface area contributed by atoms with Crippen LogP contribution in [-0.2, 0) is 4.79 Å². The largest absolute Gasteiger partial charge is 0.504 e. The van der Waals surface area contributed by atoms with Gasteiger partial charge >= 0.3 is 11.9 Å². The summed E-state index contributed by atoms with van der Waals surface area (Å²) in [6.45, 7) is 0. The van der Waals surface area contributed by atoms with E-state index in [-0.39, 0.29) is 5.75 Å². The molecule has 0 heterocycles. The van der Waals surface area contributed by atoms with Gasteiger partial charge < -0.3 is 20.1 Å². The molecule has 0 fully saturated rings. The fourth-order valence-corrected chi connectivity index (χ4v) is 1.87. The number of aromatic carboxylic acids is 1. The van der Waals surface area contributed by atoms with E-state index in [0.29, 0.717) is 10.6 Å². The number of benzene rings is 2. The number of para-hydroxylation sites is 1. The van der Waals surface area contributed by atoms with Crippen LogP contribution in [0.4, 0.5) is 0 Å². The molecule has 0 saturated heterocycles. The Kier molecular flexibility index (Phi) is 4.88. The van der Waals surface area contributed by atoms with Crippen molar-refractivity contribution < 1.29 is 29.6 Å². The Morgan fingerprint density at radius 3 is 2.26 bits per heavy atom. The first-order chi connectivity index (χ1) is 10.9. The quantitative estimate of drug-likeness (QED) is 0.572. The van der Waals surface area contributed by atoms with Crippen LogP contribution >= 0.6 is 11.6 Å². The lowest BCUT2D eigenvalue weighted by molar-refractivity contribution is -0.134. The lowest BCUT2D eigenvalue weighted by atomic mass is 10.2. The summed E-state index contributed by atoms with van der Waals surface area (Å²) in [4.78, 5) is 22.2. The summed E-state index contributed by atoms with van der Waals surface area (Å²) in [5, 5.41) is 28.5. The van der Waals surface area contributed by atoms with E-state index in [1.165, 1.54) is 24.3 Å². The predicted octanol–water partition coefficient (Wildman–Crippen LogP) is 3.25. The highest BCUT2D eigenvalue weighted by molar-refractivity contribution is 6.30. The second-order valence-corrected chi connectivity index (χ2v) is 4.86. The Hall–Kier alpha value is -2.99. The van der Waals surface area contributed by atoms with Crippen LogP contribution in [-0.4, -0.2) is 27.3 Å². The Balaban J connectivity index is 2.37. The zero-order chi connectivity index (χ0) is 17.0. The second-order valence-electron chi connectivity index (χ2n) is 4.42. The molecule has 0 aliphatic rings. The topological polar surface area (TPSA) is 104 Å². The zero-order valence-corrected chi connectivity index (χ0v) is 12.3. The zero-order valence-electron chi connectivity index (χ0n) is 11.6. The number of halogens is 1. The first-order valence-corrected chi connectivity index (χ1v) is 6.70. The van der Waals surface area contributed by atoms with Gasteiger partial charge in [0.25, 0.3) is 0 Å². The molecule has 7 heteroatoms. The molecular formula is C16H11ClO6. The van der Waals surface area contributed by atoms with Gasteiger partial charge in [-0.1, -0.05) is 29.8 Å². The minimum absolute atomic E-state index is 0.271. The van der Waals surface area contributed by atoms with Crippen LogP contribution < -0.4 is 4.74 Å². The minimum Gasteiger partial charge on any atom is -0.504 e. The van der Waals surface area contributed by atoms with Gasteiger partial charge in [-0.05, 0) is 35.9 Å². The maximum atomic E-state index is 11.3. The van der Waals surface area contributed by atoms with Crippen molar-refractivity contribution in [1.29, 1.82) is 0 Å². The molecule has 3 N–H and O–H groups in total. The fraction of sp³-hybridized carbons (Fsp3) is 0. The van der Waals surface area contributed by atoms with Gasteiger partial charge in [0.2, 0.25) is 5.76 Å². The number of hydrogen-bond acceptors (Lipinski definition) is 4. The SMILES string of the molecule is O=C(O)/C(=C\c1ccc(Cl)cc1)Oc1cccc(C(=O)O)c1O. The summed E-state index contributed by atoms with van der Waals surface area (Å²) in [5.74, 6) is -4.13. The highest BCUT2D eigenvalue weighted by Crippen LogP contribution is 2.31. The van der Waals surface area contributed by atoms with E-state index < -0.39 is 29.0 Å².